The molecule has 138 valence electrons. The van der Waals surface area contributed by atoms with Crippen LogP contribution in [-0.4, -0.2) is 21.9 Å². The van der Waals surface area contributed by atoms with Gasteiger partial charge < -0.3 is 4.74 Å². The number of nitriles is 1. The molecular weight excluding hydrogens is 378 g/mol. The third-order valence-corrected chi connectivity index (χ3v) is 6.88. The van der Waals surface area contributed by atoms with Crippen molar-refractivity contribution in [3.05, 3.63) is 45.1 Å². The van der Waals surface area contributed by atoms with Crippen LogP contribution in [0.2, 0.25) is 0 Å². The molecule has 3 aromatic rings. The van der Waals surface area contributed by atoms with Crippen LogP contribution in [0, 0.1) is 11.3 Å². The number of thiophene rings is 1. The van der Waals surface area contributed by atoms with Crippen molar-refractivity contribution in [2.75, 3.05) is 7.11 Å². The van der Waals surface area contributed by atoms with Gasteiger partial charge in [0.05, 0.1) is 29.5 Å². The number of rotatable bonds is 4. The molecule has 0 saturated carbocycles. The minimum Gasteiger partial charge on any atom is -0.495 e. The van der Waals surface area contributed by atoms with Crippen LogP contribution in [-0.2, 0) is 12.8 Å². The summed E-state index contributed by atoms with van der Waals surface area (Å²) in [4.78, 5) is 20.5. The zero-order chi connectivity index (χ0) is 19.0. The highest BCUT2D eigenvalue weighted by atomic mass is 32.2. The number of ether oxygens (including phenoxy) is 1. The second kappa shape index (κ2) is 7.37. The van der Waals surface area contributed by atoms with Gasteiger partial charge in [-0.2, -0.15) is 5.26 Å². The molecule has 27 heavy (non-hydrogen) atoms. The molecule has 1 atom stereocenters. The normalized spacial score (nSPS) is 14.6. The predicted molar refractivity (Wildman–Crippen MR) is 109 cm³/mol. The minimum atomic E-state index is -0.315. The molecule has 0 spiro atoms. The zero-order valence-corrected chi connectivity index (χ0v) is 16.8. The second-order valence-corrected chi connectivity index (χ2v) is 8.88. The molecule has 4 rings (SSSR count). The van der Waals surface area contributed by atoms with Gasteiger partial charge in [0.2, 0.25) is 0 Å². The fraction of sp³-hybridized carbons (Fsp3) is 0.350. The Hall–Kier alpha value is -2.30. The van der Waals surface area contributed by atoms with E-state index in [4.69, 9.17) is 9.72 Å². The standard InChI is InChI=1S/C20H19N3O2S2/c1-12(11-21)26-20-22-18-17(13-7-3-6-10-16(13)27-18)19(24)23(20)14-8-4-5-9-15(14)25-2/h4-5,8-9,12H,3,6-7,10H2,1-2H3. The molecule has 0 saturated heterocycles. The molecule has 0 aliphatic heterocycles. The summed E-state index contributed by atoms with van der Waals surface area (Å²) in [6.07, 6.45) is 4.21. The average Bonchev–Trinajstić information content (AvgIpc) is 3.06. The third kappa shape index (κ3) is 3.13. The number of thioether (sulfide) groups is 1. The quantitative estimate of drug-likeness (QED) is 0.484. The van der Waals surface area contributed by atoms with E-state index >= 15 is 0 Å². The monoisotopic (exact) mass is 397 g/mol. The van der Waals surface area contributed by atoms with Crippen LogP contribution < -0.4 is 10.3 Å². The van der Waals surface area contributed by atoms with E-state index in [-0.39, 0.29) is 10.8 Å². The molecule has 5 nitrogen and oxygen atoms in total. The number of para-hydroxylation sites is 2. The molecule has 0 amide bonds. The Morgan fingerprint density at radius 1 is 1.33 bits per heavy atom. The fourth-order valence-corrected chi connectivity index (χ4v) is 5.59. The summed E-state index contributed by atoms with van der Waals surface area (Å²) in [6.45, 7) is 1.81. The summed E-state index contributed by atoms with van der Waals surface area (Å²) in [7, 11) is 1.59. The van der Waals surface area contributed by atoms with Gasteiger partial charge in [-0.3, -0.25) is 9.36 Å². The Bertz CT molecular complexity index is 1110. The van der Waals surface area contributed by atoms with E-state index in [9.17, 15) is 10.1 Å². The van der Waals surface area contributed by atoms with Gasteiger partial charge in [-0.1, -0.05) is 23.9 Å². The lowest BCUT2D eigenvalue weighted by atomic mass is 9.97. The van der Waals surface area contributed by atoms with Crippen LogP contribution in [0.25, 0.3) is 15.9 Å². The highest BCUT2D eigenvalue weighted by Gasteiger charge is 2.24. The summed E-state index contributed by atoms with van der Waals surface area (Å²) in [6, 6.07) is 9.65. The maximum Gasteiger partial charge on any atom is 0.267 e. The summed E-state index contributed by atoms with van der Waals surface area (Å²) in [5, 5.41) is 10.2. The van der Waals surface area contributed by atoms with Gasteiger partial charge in [0.15, 0.2) is 5.16 Å². The Morgan fingerprint density at radius 2 is 2.11 bits per heavy atom. The van der Waals surface area contributed by atoms with Crippen molar-refractivity contribution in [3.8, 4) is 17.5 Å². The van der Waals surface area contributed by atoms with Crippen LogP contribution in [0.5, 0.6) is 5.75 Å². The SMILES string of the molecule is COc1ccccc1-n1c(SC(C)C#N)nc2sc3c(c2c1=O)CCCC3. The van der Waals surface area contributed by atoms with Crippen molar-refractivity contribution in [1.29, 1.82) is 5.26 Å². The number of hydrogen-bond donors (Lipinski definition) is 0. The largest absolute Gasteiger partial charge is 0.495 e. The van der Waals surface area contributed by atoms with Crippen molar-refractivity contribution in [3.63, 3.8) is 0 Å². The minimum absolute atomic E-state index is 0.0726. The highest BCUT2D eigenvalue weighted by molar-refractivity contribution is 8.00. The lowest BCUT2D eigenvalue weighted by Gasteiger charge is -2.16. The van der Waals surface area contributed by atoms with Gasteiger partial charge in [-0.25, -0.2) is 4.98 Å². The third-order valence-electron chi connectivity index (χ3n) is 4.75. The van der Waals surface area contributed by atoms with E-state index in [1.165, 1.54) is 16.6 Å². The molecule has 0 fully saturated rings. The number of hydrogen-bond acceptors (Lipinski definition) is 6. The lowest BCUT2D eigenvalue weighted by Crippen LogP contribution is -2.23. The molecule has 1 aliphatic rings. The first-order chi connectivity index (χ1) is 13.1. The molecule has 1 aliphatic carbocycles. The van der Waals surface area contributed by atoms with E-state index in [1.54, 1.807) is 23.0 Å². The molecule has 2 heterocycles. The van der Waals surface area contributed by atoms with E-state index in [0.29, 0.717) is 16.6 Å². The Kier molecular flexibility index (Phi) is 4.94. The lowest BCUT2D eigenvalue weighted by molar-refractivity contribution is 0.411. The molecule has 0 radical (unpaired) electrons. The van der Waals surface area contributed by atoms with Gasteiger partial charge in [0.1, 0.15) is 10.6 Å². The van der Waals surface area contributed by atoms with Crippen molar-refractivity contribution in [2.24, 2.45) is 0 Å². The first-order valence-electron chi connectivity index (χ1n) is 8.91. The van der Waals surface area contributed by atoms with Crippen molar-refractivity contribution in [1.82, 2.24) is 9.55 Å². The fourth-order valence-electron chi connectivity index (χ4n) is 3.48. The van der Waals surface area contributed by atoms with E-state index < -0.39 is 0 Å². The van der Waals surface area contributed by atoms with Gasteiger partial charge in [0, 0.05) is 4.88 Å². The topological polar surface area (TPSA) is 67.9 Å². The van der Waals surface area contributed by atoms with Crippen LogP contribution in [0.3, 0.4) is 0 Å². The molecular formula is C20H19N3O2S2. The molecule has 0 bridgehead atoms. The highest BCUT2D eigenvalue weighted by Crippen LogP contribution is 2.36. The number of nitrogens with zero attached hydrogens (tertiary/aromatic N) is 3. The maximum atomic E-state index is 13.6. The van der Waals surface area contributed by atoms with Crippen LogP contribution in [0.4, 0.5) is 0 Å². The van der Waals surface area contributed by atoms with Gasteiger partial charge in [-0.05, 0) is 50.3 Å². The first kappa shape index (κ1) is 18.1. The number of methoxy groups -OCH3 is 1. The van der Waals surface area contributed by atoms with Crippen molar-refractivity contribution in [2.45, 2.75) is 43.0 Å². The Labute approximate surface area is 165 Å². The second-order valence-electron chi connectivity index (χ2n) is 6.49. The summed E-state index contributed by atoms with van der Waals surface area (Å²) in [5.41, 5.74) is 1.74. The molecule has 7 heteroatoms. The zero-order valence-electron chi connectivity index (χ0n) is 15.2. The van der Waals surface area contributed by atoms with Crippen molar-refractivity contribution >= 4 is 33.3 Å². The Morgan fingerprint density at radius 3 is 2.89 bits per heavy atom. The summed E-state index contributed by atoms with van der Waals surface area (Å²) < 4.78 is 7.10. The van der Waals surface area contributed by atoms with Crippen molar-refractivity contribution < 1.29 is 4.74 Å². The summed E-state index contributed by atoms with van der Waals surface area (Å²) in [5.74, 6) is 0.608. The first-order valence-corrected chi connectivity index (χ1v) is 10.6. The van der Waals surface area contributed by atoms with Gasteiger partial charge in [0.25, 0.3) is 5.56 Å². The van der Waals surface area contributed by atoms with Gasteiger partial charge in [-0.15, -0.1) is 11.3 Å². The van der Waals surface area contributed by atoms with Crippen LogP contribution in [0.15, 0.2) is 34.2 Å². The number of fused-ring (bicyclic) bond motifs is 3. The van der Waals surface area contributed by atoms with Gasteiger partial charge >= 0.3 is 0 Å². The molecule has 0 N–H and O–H groups in total. The molecule has 1 unspecified atom stereocenters. The predicted octanol–water partition coefficient (Wildman–Crippen LogP) is 4.34. The average molecular weight is 398 g/mol. The van der Waals surface area contributed by atoms with E-state index in [0.717, 1.165) is 41.5 Å². The number of aromatic nitrogens is 2. The van der Waals surface area contributed by atoms with Crippen LogP contribution in [0.1, 0.15) is 30.2 Å². The molecule has 1 aromatic carbocycles. The Balaban J connectivity index is 2.05. The molecule has 2 aromatic heterocycles. The van der Waals surface area contributed by atoms with E-state index in [2.05, 4.69) is 6.07 Å². The van der Waals surface area contributed by atoms with E-state index in [1.807, 2.05) is 31.2 Å². The number of aryl methyl sites for hydroxylation is 2. The smallest absolute Gasteiger partial charge is 0.267 e. The maximum absolute atomic E-state index is 13.6. The number of benzene rings is 1. The summed E-state index contributed by atoms with van der Waals surface area (Å²) >= 11 is 2.93. The van der Waals surface area contributed by atoms with Crippen LogP contribution >= 0.6 is 23.1 Å².